The van der Waals surface area contributed by atoms with E-state index < -0.39 is 5.97 Å². The fourth-order valence-corrected chi connectivity index (χ4v) is 2.21. The number of aromatic nitrogens is 2. The molecule has 1 amide bonds. The van der Waals surface area contributed by atoms with Gasteiger partial charge in [0.15, 0.2) is 5.82 Å². The number of carboxylic acids is 1. The predicted molar refractivity (Wildman–Crippen MR) is 67.1 cm³/mol. The molecule has 0 aliphatic heterocycles. The summed E-state index contributed by atoms with van der Waals surface area (Å²) >= 11 is 6.88. The Morgan fingerprint density at radius 1 is 1.44 bits per heavy atom. The second-order valence-electron chi connectivity index (χ2n) is 3.35. The van der Waals surface area contributed by atoms with E-state index in [-0.39, 0.29) is 12.5 Å². The first-order valence-electron chi connectivity index (χ1n) is 4.86. The molecule has 0 atom stereocenters. The molecule has 2 aromatic rings. The summed E-state index contributed by atoms with van der Waals surface area (Å²) < 4.78 is 1.75. The zero-order valence-electron chi connectivity index (χ0n) is 8.96. The maximum absolute atomic E-state index is 11.7. The van der Waals surface area contributed by atoms with E-state index in [4.69, 9.17) is 16.7 Å². The number of rotatable bonds is 4. The smallest absolute Gasteiger partial charge is 0.325 e. The number of halogens is 1. The van der Waals surface area contributed by atoms with Crippen LogP contribution >= 0.6 is 22.9 Å². The van der Waals surface area contributed by atoms with Gasteiger partial charge in [-0.25, -0.2) is 0 Å². The molecule has 2 N–H and O–H groups in total. The molecular weight excluding hydrogens is 278 g/mol. The van der Waals surface area contributed by atoms with Crippen molar-refractivity contribution in [1.29, 1.82) is 0 Å². The summed E-state index contributed by atoms with van der Waals surface area (Å²) in [4.78, 5) is 22.7. The molecule has 18 heavy (non-hydrogen) atoms. The van der Waals surface area contributed by atoms with Crippen molar-refractivity contribution in [3.05, 3.63) is 33.6 Å². The van der Waals surface area contributed by atoms with Crippen LogP contribution in [-0.4, -0.2) is 26.8 Å². The Bertz CT molecular complexity index is 593. The lowest BCUT2D eigenvalue weighted by Gasteiger charge is -1.98. The average molecular weight is 286 g/mol. The van der Waals surface area contributed by atoms with Gasteiger partial charge in [-0.3, -0.25) is 14.3 Å². The normalized spacial score (nSPS) is 10.3. The minimum Gasteiger partial charge on any atom is -0.480 e. The number of amides is 1. The van der Waals surface area contributed by atoms with Gasteiger partial charge in [-0.15, -0.1) is 11.3 Å². The van der Waals surface area contributed by atoms with Crippen molar-refractivity contribution < 1.29 is 14.7 Å². The van der Waals surface area contributed by atoms with Crippen LogP contribution < -0.4 is 5.32 Å². The van der Waals surface area contributed by atoms with Gasteiger partial charge in [0, 0.05) is 12.3 Å². The molecular formula is C10H8ClN3O3S. The van der Waals surface area contributed by atoms with Crippen LogP contribution in [0.25, 0.3) is 0 Å². The van der Waals surface area contributed by atoms with Crippen molar-refractivity contribution in [2.24, 2.45) is 0 Å². The summed E-state index contributed by atoms with van der Waals surface area (Å²) in [7, 11) is 0. The average Bonchev–Trinajstić information content (AvgIpc) is 2.87. The van der Waals surface area contributed by atoms with E-state index in [1.165, 1.54) is 16.9 Å². The standard InChI is InChI=1S/C10H8ClN3O3S/c11-7-2-1-6(18-7)10(17)12-8-3-4-14(13-8)5-9(15)16/h1-4H,5H2,(H,15,16)(H,12,13,17). The van der Waals surface area contributed by atoms with Crippen molar-refractivity contribution in [2.45, 2.75) is 6.54 Å². The minimum absolute atomic E-state index is 0.249. The Balaban J connectivity index is 2.03. The molecule has 0 unspecified atom stereocenters. The highest BCUT2D eigenvalue weighted by molar-refractivity contribution is 7.18. The number of nitrogens with zero attached hydrogens (tertiary/aromatic N) is 2. The first-order valence-corrected chi connectivity index (χ1v) is 6.06. The molecule has 0 saturated heterocycles. The second-order valence-corrected chi connectivity index (χ2v) is 5.07. The maximum atomic E-state index is 11.7. The van der Waals surface area contributed by atoms with E-state index in [0.29, 0.717) is 15.0 Å². The molecule has 0 aliphatic rings. The zero-order valence-corrected chi connectivity index (χ0v) is 10.5. The van der Waals surface area contributed by atoms with E-state index in [9.17, 15) is 9.59 Å². The third-order valence-electron chi connectivity index (χ3n) is 1.98. The number of carbonyl (C=O) groups is 2. The molecule has 0 saturated carbocycles. The van der Waals surface area contributed by atoms with Crippen LogP contribution in [0.5, 0.6) is 0 Å². The number of aliphatic carboxylic acids is 1. The third kappa shape index (κ3) is 3.08. The summed E-state index contributed by atoms with van der Waals surface area (Å²) in [6, 6.07) is 4.76. The quantitative estimate of drug-likeness (QED) is 0.899. The summed E-state index contributed by atoms with van der Waals surface area (Å²) in [6.45, 7) is -0.249. The summed E-state index contributed by atoms with van der Waals surface area (Å²) in [5, 5.41) is 15.0. The Kier molecular flexibility index (Phi) is 3.63. The van der Waals surface area contributed by atoms with Gasteiger partial charge in [-0.2, -0.15) is 5.10 Å². The predicted octanol–water partition coefficient (Wildman–Crippen LogP) is 1.93. The minimum atomic E-state index is -0.999. The van der Waals surface area contributed by atoms with Gasteiger partial charge in [0.05, 0.1) is 9.21 Å². The number of hydrogen-bond acceptors (Lipinski definition) is 4. The van der Waals surface area contributed by atoms with Gasteiger partial charge in [0.25, 0.3) is 5.91 Å². The van der Waals surface area contributed by atoms with Gasteiger partial charge >= 0.3 is 5.97 Å². The Morgan fingerprint density at radius 2 is 2.22 bits per heavy atom. The van der Waals surface area contributed by atoms with Crippen LogP contribution in [0.2, 0.25) is 4.34 Å². The lowest BCUT2D eigenvalue weighted by atomic mass is 10.4. The molecule has 94 valence electrons. The molecule has 2 aromatic heterocycles. The Labute approximate surface area is 111 Å². The van der Waals surface area contributed by atoms with Gasteiger partial charge in [0.2, 0.25) is 0 Å². The fraction of sp³-hybridized carbons (Fsp3) is 0.100. The second kappa shape index (κ2) is 5.19. The molecule has 2 rings (SSSR count). The number of carbonyl (C=O) groups excluding carboxylic acids is 1. The highest BCUT2D eigenvalue weighted by Crippen LogP contribution is 2.22. The molecule has 0 radical (unpaired) electrons. The van der Waals surface area contributed by atoms with Crippen LogP contribution in [0.4, 0.5) is 5.82 Å². The number of nitrogens with one attached hydrogen (secondary N) is 1. The van der Waals surface area contributed by atoms with Gasteiger partial charge in [-0.1, -0.05) is 11.6 Å². The van der Waals surface area contributed by atoms with Gasteiger partial charge in [0.1, 0.15) is 6.54 Å². The summed E-state index contributed by atoms with van der Waals surface area (Å²) in [5.41, 5.74) is 0. The lowest BCUT2D eigenvalue weighted by Crippen LogP contribution is -2.12. The lowest BCUT2D eigenvalue weighted by molar-refractivity contribution is -0.137. The molecule has 0 aliphatic carbocycles. The van der Waals surface area contributed by atoms with Crippen molar-refractivity contribution in [3.63, 3.8) is 0 Å². The molecule has 0 aromatic carbocycles. The fourth-order valence-electron chi connectivity index (χ4n) is 1.27. The van der Waals surface area contributed by atoms with E-state index in [1.807, 2.05) is 0 Å². The van der Waals surface area contributed by atoms with Gasteiger partial charge < -0.3 is 10.4 Å². The number of anilines is 1. The third-order valence-corrected chi connectivity index (χ3v) is 3.21. The molecule has 0 spiro atoms. The zero-order chi connectivity index (χ0) is 13.1. The van der Waals surface area contributed by atoms with Crippen LogP contribution in [0.15, 0.2) is 24.4 Å². The number of hydrogen-bond donors (Lipinski definition) is 2. The molecule has 0 bridgehead atoms. The maximum Gasteiger partial charge on any atom is 0.325 e. The summed E-state index contributed by atoms with van der Waals surface area (Å²) in [5.74, 6) is -1.03. The highest BCUT2D eigenvalue weighted by atomic mass is 35.5. The van der Waals surface area contributed by atoms with Crippen LogP contribution in [0, 0.1) is 0 Å². The summed E-state index contributed by atoms with van der Waals surface area (Å²) in [6.07, 6.45) is 1.48. The van der Waals surface area contributed by atoms with Crippen molar-refractivity contribution in [2.75, 3.05) is 5.32 Å². The first kappa shape index (κ1) is 12.6. The van der Waals surface area contributed by atoms with E-state index in [1.54, 1.807) is 12.1 Å². The van der Waals surface area contributed by atoms with Crippen molar-refractivity contribution >= 4 is 40.6 Å². The highest BCUT2D eigenvalue weighted by Gasteiger charge is 2.10. The van der Waals surface area contributed by atoms with E-state index in [2.05, 4.69) is 10.4 Å². The van der Waals surface area contributed by atoms with Crippen molar-refractivity contribution in [3.8, 4) is 0 Å². The molecule has 2 heterocycles. The van der Waals surface area contributed by atoms with E-state index >= 15 is 0 Å². The Morgan fingerprint density at radius 3 is 2.83 bits per heavy atom. The molecule has 0 fully saturated rings. The van der Waals surface area contributed by atoms with Crippen molar-refractivity contribution in [1.82, 2.24) is 9.78 Å². The molecule has 6 nitrogen and oxygen atoms in total. The SMILES string of the molecule is O=C(O)Cn1ccc(NC(=O)c2ccc(Cl)s2)n1. The number of carboxylic acid groups (broad SMARTS) is 1. The monoisotopic (exact) mass is 285 g/mol. The topological polar surface area (TPSA) is 84.2 Å². The van der Waals surface area contributed by atoms with E-state index in [0.717, 1.165) is 11.3 Å². The van der Waals surface area contributed by atoms with Crippen LogP contribution in [-0.2, 0) is 11.3 Å². The van der Waals surface area contributed by atoms with Gasteiger partial charge in [-0.05, 0) is 12.1 Å². The number of thiophene rings is 1. The largest absolute Gasteiger partial charge is 0.480 e. The van der Waals surface area contributed by atoms with Crippen LogP contribution in [0.3, 0.4) is 0 Å². The Hall–Kier alpha value is -1.86. The van der Waals surface area contributed by atoms with Crippen LogP contribution in [0.1, 0.15) is 9.67 Å². The first-order chi connectivity index (χ1) is 8.54. The molecule has 8 heteroatoms.